The van der Waals surface area contributed by atoms with Crippen molar-refractivity contribution in [2.24, 2.45) is 5.73 Å². The molecule has 0 saturated carbocycles. The van der Waals surface area contributed by atoms with Gasteiger partial charge in [0.1, 0.15) is 0 Å². The van der Waals surface area contributed by atoms with Crippen LogP contribution < -0.4 is 16.4 Å². The predicted octanol–water partition coefficient (Wildman–Crippen LogP) is 0.403. The number of carbonyl (C=O) groups excluding carboxylic acids is 2. The lowest BCUT2D eigenvalue weighted by atomic mass is 10.1. The fourth-order valence-electron chi connectivity index (χ4n) is 1.46. The summed E-state index contributed by atoms with van der Waals surface area (Å²) < 4.78 is 0. The van der Waals surface area contributed by atoms with Crippen LogP contribution in [-0.4, -0.2) is 41.1 Å². The molecule has 114 valence electrons. The molecule has 0 fully saturated rings. The number of nitrogens with two attached hydrogens (primary N) is 1. The number of benzene rings is 1. The van der Waals surface area contributed by atoms with Crippen molar-refractivity contribution in [3.63, 3.8) is 0 Å². The molecule has 0 radical (unpaired) electrons. The molecule has 0 unspecified atom stereocenters. The molecule has 0 spiro atoms. The first-order valence-corrected chi connectivity index (χ1v) is 7.34. The SMILES string of the molecule is NC(=O)NCc1ccc(C(=O)NCCSCC(=O)O)cc1. The van der Waals surface area contributed by atoms with Crippen LogP contribution in [0.5, 0.6) is 0 Å². The summed E-state index contributed by atoms with van der Waals surface area (Å²) in [5.41, 5.74) is 6.30. The second-order valence-corrected chi connectivity index (χ2v) is 5.22. The highest BCUT2D eigenvalue weighted by Crippen LogP contribution is 2.04. The van der Waals surface area contributed by atoms with Crippen LogP contribution >= 0.6 is 11.8 Å². The fourth-order valence-corrected chi connectivity index (χ4v) is 2.03. The van der Waals surface area contributed by atoms with E-state index in [1.165, 1.54) is 11.8 Å². The molecule has 0 atom stereocenters. The molecule has 0 saturated heterocycles. The molecule has 3 amide bonds. The molecule has 1 aromatic rings. The van der Waals surface area contributed by atoms with Gasteiger partial charge in [-0.05, 0) is 17.7 Å². The van der Waals surface area contributed by atoms with E-state index >= 15 is 0 Å². The van der Waals surface area contributed by atoms with Gasteiger partial charge < -0.3 is 21.5 Å². The van der Waals surface area contributed by atoms with E-state index in [0.29, 0.717) is 24.4 Å². The molecule has 0 aromatic heterocycles. The molecule has 1 rings (SSSR count). The maximum Gasteiger partial charge on any atom is 0.313 e. The van der Waals surface area contributed by atoms with Gasteiger partial charge in [0, 0.05) is 24.4 Å². The Labute approximate surface area is 126 Å². The number of hydrogen-bond donors (Lipinski definition) is 4. The minimum Gasteiger partial charge on any atom is -0.481 e. The van der Waals surface area contributed by atoms with E-state index in [-0.39, 0.29) is 11.7 Å². The maximum absolute atomic E-state index is 11.8. The molecule has 5 N–H and O–H groups in total. The van der Waals surface area contributed by atoms with Crippen LogP contribution in [0.15, 0.2) is 24.3 Å². The lowest BCUT2D eigenvalue weighted by Gasteiger charge is -2.06. The van der Waals surface area contributed by atoms with Gasteiger partial charge in [0.15, 0.2) is 0 Å². The summed E-state index contributed by atoms with van der Waals surface area (Å²) in [5.74, 6) is -0.525. The van der Waals surface area contributed by atoms with Crippen LogP contribution in [0.2, 0.25) is 0 Å². The number of thioether (sulfide) groups is 1. The molecule has 0 aliphatic heterocycles. The molecule has 0 aliphatic rings. The van der Waals surface area contributed by atoms with Gasteiger partial charge in [0.2, 0.25) is 0 Å². The smallest absolute Gasteiger partial charge is 0.313 e. The monoisotopic (exact) mass is 311 g/mol. The number of primary amides is 1. The molecule has 0 bridgehead atoms. The van der Waals surface area contributed by atoms with E-state index in [0.717, 1.165) is 5.56 Å². The zero-order chi connectivity index (χ0) is 15.7. The molecule has 1 aromatic carbocycles. The number of hydrogen-bond acceptors (Lipinski definition) is 4. The van der Waals surface area contributed by atoms with Crippen LogP contribution in [0.25, 0.3) is 0 Å². The van der Waals surface area contributed by atoms with Gasteiger partial charge in [-0.2, -0.15) is 0 Å². The molecule has 8 heteroatoms. The molecule has 0 aliphatic carbocycles. The van der Waals surface area contributed by atoms with E-state index in [1.54, 1.807) is 24.3 Å². The number of rotatable bonds is 8. The Balaban J connectivity index is 2.34. The maximum atomic E-state index is 11.8. The number of carbonyl (C=O) groups is 3. The Morgan fingerprint density at radius 2 is 1.81 bits per heavy atom. The molecule has 0 heterocycles. The number of nitrogens with one attached hydrogen (secondary N) is 2. The number of carboxylic acids is 1. The summed E-state index contributed by atoms with van der Waals surface area (Å²) in [6.07, 6.45) is 0. The fraction of sp³-hybridized carbons (Fsp3) is 0.308. The summed E-state index contributed by atoms with van der Waals surface area (Å²) in [6.45, 7) is 0.713. The number of amides is 3. The number of carboxylic acid groups (broad SMARTS) is 1. The first-order valence-electron chi connectivity index (χ1n) is 6.19. The standard InChI is InChI=1S/C13H17N3O4S/c14-13(20)16-7-9-1-3-10(4-2-9)12(19)15-5-6-21-8-11(17)18/h1-4H,5-8H2,(H,15,19)(H,17,18)(H3,14,16,20). The Morgan fingerprint density at radius 1 is 1.14 bits per heavy atom. The third kappa shape index (κ3) is 7.21. The van der Waals surface area contributed by atoms with Crippen molar-refractivity contribution in [2.75, 3.05) is 18.1 Å². The van der Waals surface area contributed by atoms with E-state index in [2.05, 4.69) is 10.6 Å². The van der Waals surface area contributed by atoms with Crippen molar-refractivity contribution in [1.82, 2.24) is 10.6 Å². The molecule has 7 nitrogen and oxygen atoms in total. The number of aliphatic carboxylic acids is 1. The van der Waals surface area contributed by atoms with Gasteiger partial charge in [-0.25, -0.2) is 4.79 Å². The minimum atomic E-state index is -0.869. The van der Waals surface area contributed by atoms with Gasteiger partial charge in [-0.3, -0.25) is 9.59 Å². The highest BCUT2D eigenvalue weighted by molar-refractivity contribution is 7.99. The summed E-state index contributed by atoms with van der Waals surface area (Å²) in [5, 5.41) is 13.6. The summed E-state index contributed by atoms with van der Waals surface area (Å²) in [4.78, 5) is 32.7. The van der Waals surface area contributed by atoms with Crippen molar-refractivity contribution >= 4 is 29.7 Å². The number of urea groups is 1. The van der Waals surface area contributed by atoms with Crippen LogP contribution in [0, 0.1) is 0 Å². The van der Waals surface area contributed by atoms with Crippen LogP contribution in [0.4, 0.5) is 4.79 Å². The van der Waals surface area contributed by atoms with E-state index < -0.39 is 12.0 Å². The van der Waals surface area contributed by atoms with Crippen LogP contribution in [0.3, 0.4) is 0 Å². The lowest BCUT2D eigenvalue weighted by Crippen LogP contribution is -2.28. The Kier molecular flexibility index (Phi) is 7.10. The third-order valence-electron chi connectivity index (χ3n) is 2.44. The highest BCUT2D eigenvalue weighted by atomic mass is 32.2. The average molecular weight is 311 g/mol. The zero-order valence-corrected chi connectivity index (χ0v) is 12.1. The van der Waals surface area contributed by atoms with Crippen LogP contribution in [-0.2, 0) is 11.3 Å². The van der Waals surface area contributed by atoms with Gasteiger partial charge in [-0.15, -0.1) is 11.8 Å². The predicted molar refractivity (Wildman–Crippen MR) is 80.2 cm³/mol. The second-order valence-electron chi connectivity index (χ2n) is 4.12. The Hall–Kier alpha value is -2.22. The summed E-state index contributed by atoms with van der Waals surface area (Å²) >= 11 is 1.24. The molecular formula is C13H17N3O4S. The van der Waals surface area contributed by atoms with Crippen molar-refractivity contribution in [3.8, 4) is 0 Å². The minimum absolute atomic E-state index is 0.0252. The summed E-state index contributed by atoms with van der Waals surface area (Å²) in [7, 11) is 0. The van der Waals surface area contributed by atoms with Crippen molar-refractivity contribution in [2.45, 2.75) is 6.54 Å². The average Bonchev–Trinajstić information content (AvgIpc) is 2.44. The largest absolute Gasteiger partial charge is 0.481 e. The first-order chi connectivity index (χ1) is 9.99. The zero-order valence-electron chi connectivity index (χ0n) is 11.3. The van der Waals surface area contributed by atoms with E-state index in [4.69, 9.17) is 10.8 Å². The van der Waals surface area contributed by atoms with Gasteiger partial charge in [-0.1, -0.05) is 12.1 Å². The van der Waals surface area contributed by atoms with Crippen molar-refractivity contribution in [1.29, 1.82) is 0 Å². The van der Waals surface area contributed by atoms with E-state index in [9.17, 15) is 14.4 Å². The Bertz CT molecular complexity index is 505. The topological polar surface area (TPSA) is 122 Å². The molecular weight excluding hydrogens is 294 g/mol. The van der Waals surface area contributed by atoms with Gasteiger partial charge >= 0.3 is 12.0 Å². The van der Waals surface area contributed by atoms with Gasteiger partial charge in [0.25, 0.3) is 5.91 Å². The first kappa shape index (κ1) is 16.8. The normalized spacial score (nSPS) is 9.90. The second kappa shape index (κ2) is 8.85. The third-order valence-corrected chi connectivity index (χ3v) is 3.38. The van der Waals surface area contributed by atoms with Crippen molar-refractivity contribution < 1.29 is 19.5 Å². The van der Waals surface area contributed by atoms with Crippen molar-refractivity contribution in [3.05, 3.63) is 35.4 Å². The quantitative estimate of drug-likeness (QED) is 0.518. The lowest BCUT2D eigenvalue weighted by molar-refractivity contribution is -0.133. The van der Waals surface area contributed by atoms with Crippen LogP contribution in [0.1, 0.15) is 15.9 Å². The Morgan fingerprint density at radius 3 is 2.38 bits per heavy atom. The van der Waals surface area contributed by atoms with Gasteiger partial charge in [0.05, 0.1) is 5.75 Å². The van der Waals surface area contributed by atoms with E-state index in [1.807, 2.05) is 0 Å². The summed E-state index contributed by atoms with van der Waals surface area (Å²) in [6, 6.07) is 6.15. The highest BCUT2D eigenvalue weighted by Gasteiger charge is 2.05. The molecule has 21 heavy (non-hydrogen) atoms.